The molecule has 1 aliphatic heterocycles. The summed E-state index contributed by atoms with van der Waals surface area (Å²) in [5, 5.41) is 2.70. The van der Waals surface area contributed by atoms with Gasteiger partial charge in [0.25, 0.3) is 0 Å². The fourth-order valence-corrected chi connectivity index (χ4v) is 5.18. The number of amides is 2. The first-order chi connectivity index (χ1) is 11.7. The first-order valence-corrected chi connectivity index (χ1v) is 10.0. The number of hydrogen-bond acceptors (Lipinski definition) is 3. The molecule has 0 aromatic heterocycles. The van der Waals surface area contributed by atoms with Crippen LogP contribution in [0.15, 0.2) is 0 Å². The summed E-state index contributed by atoms with van der Waals surface area (Å²) >= 11 is 0. The van der Waals surface area contributed by atoms with Crippen molar-refractivity contribution in [2.45, 2.75) is 90.3 Å². The lowest BCUT2D eigenvalue weighted by molar-refractivity contribution is -0.134. The Morgan fingerprint density at radius 1 is 1.20 bits per heavy atom. The van der Waals surface area contributed by atoms with Gasteiger partial charge in [0.05, 0.1) is 0 Å². The molecule has 0 aromatic carbocycles. The number of carbonyl (C=O) groups excluding carboxylic acids is 2. The van der Waals surface area contributed by atoms with Crippen LogP contribution in [-0.4, -0.2) is 41.1 Å². The van der Waals surface area contributed by atoms with E-state index >= 15 is 0 Å². The van der Waals surface area contributed by atoms with Crippen molar-refractivity contribution in [1.82, 2.24) is 10.2 Å². The molecule has 2 saturated carbocycles. The summed E-state index contributed by atoms with van der Waals surface area (Å²) in [4.78, 5) is 26.8. The number of nitrogens with zero attached hydrogens (tertiary/aromatic N) is 1. The second-order valence-corrected chi connectivity index (χ2v) is 9.37. The molecule has 2 bridgehead atoms. The average molecular weight is 351 g/mol. The lowest BCUT2D eigenvalue weighted by atomic mass is 9.83. The zero-order valence-electron chi connectivity index (χ0n) is 16.2. The Morgan fingerprint density at radius 3 is 2.56 bits per heavy atom. The quantitative estimate of drug-likeness (QED) is 0.841. The largest absolute Gasteiger partial charge is 0.444 e. The minimum absolute atomic E-state index is 0.0384. The molecule has 5 heteroatoms. The first-order valence-electron chi connectivity index (χ1n) is 10.0. The molecule has 2 aliphatic carbocycles. The summed E-state index contributed by atoms with van der Waals surface area (Å²) in [6.07, 6.45) is 8.44. The molecular formula is C20H34N2O3. The zero-order chi connectivity index (χ0) is 18.2. The highest BCUT2D eigenvalue weighted by Crippen LogP contribution is 2.50. The molecular weight excluding hydrogens is 316 g/mol. The third-order valence-corrected chi connectivity index (χ3v) is 6.22. The molecule has 0 spiro atoms. The molecule has 0 aromatic rings. The van der Waals surface area contributed by atoms with Crippen LogP contribution in [0.5, 0.6) is 0 Å². The number of carbonyl (C=O) groups is 2. The lowest BCUT2D eigenvalue weighted by Gasteiger charge is -2.32. The monoisotopic (exact) mass is 350 g/mol. The van der Waals surface area contributed by atoms with Gasteiger partial charge in [0.2, 0.25) is 5.91 Å². The Morgan fingerprint density at radius 2 is 1.96 bits per heavy atom. The predicted molar refractivity (Wildman–Crippen MR) is 97.1 cm³/mol. The van der Waals surface area contributed by atoms with E-state index < -0.39 is 17.7 Å². The highest BCUT2D eigenvalue weighted by atomic mass is 16.6. The molecule has 25 heavy (non-hydrogen) atoms. The van der Waals surface area contributed by atoms with E-state index in [2.05, 4.69) is 5.32 Å². The molecule has 5 atom stereocenters. The van der Waals surface area contributed by atoms with E-state index in [1.807, 2.05) is 25.7 Å². The zero-order valence-corrected chi connectivity index (χ0v) is 16.2. The molecule has 0 radical (unpaired) electrons. The van der Waals surface area contributed by atoms with Gasteiger partial charge in [-0.15, -0.1) is 0 Å². The standard InChI is InChI=1S/C20H34N2O3/c1-13(21-19(24)25-20(2,3)4)18(23)22-9-5-6-17(22)12-16-11-14-7-8-15(16)10-14/h13-17H,5-12H2,1-4H3,(H,21,24)/t13-,14?,15?,16?,17?/m1/s1. The summed E-state index contributed by atoms with van der Waals surface area (Å²) in [5.41, 5.74) is -0.551. The Labute approximate surface area is 151 Å². The molecule has 3 fully saturated rings. The Kier molecular flexibility index (Phi) is 5.31. The molecule has 3 aliphatic rings. The van der Waals surface area contributed by atoms with Crippen LogP contribution < -0.4 is 5.32 Å². The maximum Gasteiger partial charge on any atom is 0.408 e. The number of rotatable bonds is 4. The SMILES string of the molecule is C[C@@H](NC(=O)OC(C)(C)C)C(=O)N1CCCC1CC1CC2CCC1C2. The van der Waals surface area contributed by atoms with Gasteiger partial charge >= 0.3 is 6.09 Å². The normalized spacial score (nSPS) is 32.7. The van der Waals surface area contributed by atoms with Crippen LogP contribution in [0.3, 0.4) is 0 Å². The van der Waals surface area contributed by atoms with Gasteiger partial charge < -0.3 is 15.0 Å². The number of hydrogen-bond donors (Lipinski definition) is 1. The molecule has 142 valence electrons. The van der Waals surface area contributed by atoms with Crippen LogP contribution >= 0.6 is 0 Å². The molecule has 5 nitrogen and oxygen atoms in total. The number of alkyl carbamates (subject to hydrolysis) is 1. The fourth-order valence-electron chi connectivity index (χ4n) is 5.18. The Balaban J connectivity index is 1.52. The van der Waals surface area contributed by atoms with Gasteiger partial charge in [-0.3, -0.25) is 4.79 Å². The van der Waals surface area contributed by atoms with E-state index in [-0.39, 0.29) is 5.91 Å². The smallest absolute Gasteiger partial charge is 0.408 e. The van der Waals surface area contributed by atoms with Crippen LogP contribution in [0.4, 0.5) is 4.79 Å². The van der Waals surface area contributed by atoms with Gasteiger partial charge in [0.15, 0.2) is 0 Å². The van der Waals surface area contributed by atoms with Gasteiger partial charge in [-0.05, 0) is 84.0 Å². The molecule has 1 N–H and O–H groups in total. The minimum Gasteiger partial charge on any atom is -0.444 e. The van der Waals surface area contributed by atoms with Crippen molar-refractivity contribution in [3.05, 3.63) is 0 Å². The fraction of sp³-hybridized carbons (Fsp3) is 0.900. The summed E-state index contributed by atoms with van der Waals surface area (Å²) in [7, 11) is 0. The third kappa shape index (κ3) is 4.48. The summed E-state index contributed by atoms with van der Waals surface area (Å²) in [6, 6.07) is -0.171. The summed E-state index contributed by atoms with van der Waals surface area (Å²) in [5.74, 6) is 2.70. The molecule has 2 amide bonds. The van der Waals surface area contributed by atoms with E-state index in [0.717, 1.165) is 43.6 Å². The van der Waals surface area contributed by atoms with Crippen molar-refractivity contribution in [3.8, 4) is 0 Å². The van der Waals surface area contributed by atoms with Crippen molar-refractivity contribution in [2.75, 3.05) is 6.54 Å². The third-order valence-electron chi connectivity index (χ3n) is 6.22. The molecule has 1 heterocycles. The van der Waals surface area contributed by atoms with E-state index in [1.54, 1.807) is 6.92 Å². The van der Waals surface area contributed by atoms with E-state index in [0.29, 0.717) is 6.04 Å². The second kappa shape index (κ2) is 7.16. The lowest BCUT2D eigenvalue weighted by Crippen LogP contribution is -2.49. The van der Waals surface area contributed by atoms with E-state index in [9.17, 15) is 9.59 Å². The van der Waals surface area contributed by atoms with Crippen molar-refractivity contribution >= 4 is 12.0 Å². The molecule has 4 unspecified atom stereocenters. The van der Waals surface area contributed by atoms with E-state index in [4.69, 9.17) is 4.74 Å². The highest BCUT2D eigenvalue weighted by molar-refractivity contribution is 5.85. The Bertz CT molecular complexity index is 514. The van der Waals surface area contributed by atoms with Crippen molar-refractivity contribution < 1.29 is 14.3 Å². The number of nitrogens with one attached hydrogen (secondary N) is 1. The van der Waals surface area contributed by atoms with Gasteiger partial charge in [-0.1, -0.05) is 6.42 Å². The van der Waals surface area contributed by atoms with Crippen LogP contribution in [0, 0.1) is 17.8 Å². The maximum atomic E-state index is 12.8. The minimum atomic E-state index is -0.551. The van der Waals surface area contributed by atoms with Crippen molar-refractivity contribution in [2.24, 2.45) is 17.8 Å². The van der Waals surface area contributed by atoms with Crippen LogP contribution in [-0.2, 0) is 9.53 Å². The number of ether oxygens (including phenoxy) is 1. The number of likely N-dealkylation sites (tertiary alicyclic amines) is 1. The molecule has 3 rings (SSSR count). The highest BCUT2D eigenvalue weighted by Gasteiger charge is 2.42. The Hall–Kier alpha value is -1.26. The van der Waals surface area contributed by atoms with Crippen LogP contribution in [0.1, 0.15) is 72.6 Å². The molecule has 1 saturated heterocycles. The van der Waals surface area contributed by atoms with Crippen LogP contribution in [0.2, 0.25) is 0 Å². The second-order valence-electron chi connectivity index (χ2n) is 9.37. The van der Waals surface area contributed by atoms with Gasteiger partial charge in [-0.2, -0.15) is 0 Å². The van der Waals surface area contributed by atoms with Gasteiger partial charge in [0, 0.05) is 12.6 Å². The van der Waals surface area contributed by atoms with Gasteiger partial charge in [0.1, 0.15) is 11.6 Å². The topological polar surface area (TPSA) is 58.6 Å². The first kappa shape index (κ1) is 18.5. The summed E-state index contributed by atoms with van der Waals surface area (Å²) in [6.45, 7) is 8.06. The van der Waals surface area contributed by atoms with Crippen molar-refractivity contribution in [1.29, 1.82) is 0 Å². The van der Waals surface area contributed by atoms with Gasteiger partial charge in [-0.25, -0.2) is 4.79 Å². The summed E-state index contributed by atoms with van der Waals surface area (Å²) < 4.78 is 5.27. The van der Waals surface area contributed by atoms with Crippen LogP contribution in [0.25, 0.3) is 0 Å². The maximum absolute atomic E-state index is 12.8. The van der Waals surface area contributed by atoms with E-state index in [1.165, 1.54) is 25.7 Å². The van der Waals surface area contributed by atoms with Crippen molar-refractivity contribution in [3.63, 3.8) is 0 Å². The number of fused-ring (bicyclic) bond motifs is 2. The average Bonchev–Trinajstić information content (AvgIpc) is 3.20. The predicted octanol–water partition coefficient (Wildman–Crippen LogP) is 3.72.